The molecule has 0 radical (unpaired) electrons. The van der Waals surface area contributed by atoms with Crippen LogP contribution in [0.2, 0.25) is 0 Å². The highest BCUT2D eigenvalue weighted by molar-refractivity contribution is 5.93. The quantitative estimate of drug-likeness (QED) is 0.835. The van der Waals surface area contributed by atoms with Crippen LogP contribution >= 0.6 is 0 Å². The molecule has 3 rings (SSSR count). The molecule has 1 aliphatic rings. The second-order valence-corrected chi connectivity index (χ2v) is 7.05. The van der Waals surface area contributed by atoms with E-state index < -0.39 is 0 Å². The van der Waals surface area contributed by atoms with Crippen molar-refractivity contribution in [3.63, 3.8) is 0 Å². The number of nitrogens with zero attached hydrogens (tertiary/aromatic N) is 3. The summed E-state index contributed by atoms with van der Waals surface area (Å²) >= 11 is 0. The van der Waals surface area contributed by atoms with Crippen molar-refractivity contribution in [2.45, 2.75) is 52.0 Å². The third-order valence-corrected chi connectivity index (χ3v) is 5.05. The number of amides is 1. The fraction of sp³-hybridized carbons (Fsp3) is 0.476. The Balaban J connectivity index is 1.66. The smallest absolute Gasteiger partial charge is 0.272 e. The van der Waals surface area contributed by atoms with Gasteiger partial charge in [-0.1, -0.05) is 19.1 Å². The average Bonchev–Trinajstić information content (AvgIpc) is 2.68. The average molecular weight is 370 g/mol. The van der Waals surface area contributed by atoms with Crippen LogP contribution < -0.4 is 5.32 Å². The van der Waals surface area contributed by atoms with Crippen LogP contribution in [0.3, 0.4) is 0 Å². The zero-order valence-electron chi connectivity index (χ0n) is 16.0. The van der Waals surface area contributed by atoms with Gasteiger partial charge in [-0.2, -0.15) is 0 Å². The molecule has 1 aromatic carbocycles. The van der Waals surface area contributed by atoms with E-state index in [1.807, 2.05) is 4.90 Å². The van der Waals surface area contributed by atoms with Crippen molar-refractivity contribution in [3.05, 3.63) is 53.2 Å². The summed E-state index contributed by atoms with van der Waals surface area (Å²) < 4.78 is 13.0. The number of nitrogens with one attached hydrogen (secondary N) is 1. The Hall–Kier alpha value is -2.50. The van der Waals surface area contributed by atoms with Crippen molar-refractivity contribution in [1.29, 1.82) is 0 Å². The molecule has 144 valence electrons. The molecule has 1 fully saturated rings. The lowest BCUT2D eigenvalue weighted by Crippen LogP contribution is -2.43. The van der Waals surface area contributed by atoms with Crippen LogP contribution in [0, 0.1) is 12.7 Å². The fourth-order valence-corrected chi connectivity index (χ4v) is 3.59. The van der Waals surface area contributed by atoms with Crippen LogP contribution in [0.4, 0.5) is 10.2 Å². The third kappa shape index (κ3) is 5.02. The zero-order chi connectivity index (χ0) is 19.2. The first kappa shape index (κ1) is 19.3. The van der Waals surface area contributed by atoms with E-state index in [0.29, 0.717) is 29.9 Å². The molecule has 0 spiro atoms. The van der Waals surface area contributed by atoms with E-state index in [-0.39, 0.29) is 11.7 Å². The van der Waals surface area contributed by atoms with Gasteiger partial charge in [0, 0.05) is 25.2 Å². The normalized spacial score (nSPS) is 17.0. The molecule has 1 unspecified atom stereocenters. The van der Waals surface area contributed by atoms with Crippen LogP contribution in [-0.2, 0) is 6.42 Å². The third-order valence-electron chi connectivity index (χ3n) is 5.05. The number of hydrogen-bond donors (Lipinski definition) is 1. The summed E-state index contributed by atoms with van der Waals surface area (Å²) in [5.41, 5.74) is 1.50. The molecule has 1 N–H and O–H groups in total. The Morgan fingerprint density at radius 2 is 2.04 bits per heavy atom. The number of likely N-dealkylation sites (tertiary alicyclic amines) is 1. The number of hydrogen-bond acceptors (Lipinski definition) is 4. The van der Waals surface area contributed by atoms with Crippen LogP contribution in [-0.4, -0.2) is 39.9 Å². The molecular weight excluding hydrogens is 343 g/mol. The van der Waals surface area contributed by atoms with Gasteiger partial charge >= 0.3 is 0 Å². The maximum Gasteiger partial charge on any atom is 0.272 e. The van der Waals surface area contributed by atoms with Gasteiger partial charge in [-0.15, -0.1) is 0 Å². The number of carbonyl (C=O) groups is 1. The van der Waals surface area contributed by atoms with E-state index >= 15 is 0 Å². The topological polar surface area (TPSA) is 58.1 Å². The highest BCUT2D eigenvalue weighted by Crippen LogP contribution is 2.22. The monoisotopic (exact) mass is 370 g/mol. The highest BCUT2D eigenvalue weighted by atomic mass is 19.1. The first-order valence-corrected chi connectivity index (χ1v) is 9.71. The zero-order valence-corrected chi connectivity index (χ0v) is 16.0. The Bertz CT molecular complexity index is 778. The second kappa shape index (κ2) is 8.93. The predicted molar refractivity (Wildman–Crippen MR) is 104 cm³/mol. The van der Waals surface area contributed by atoms with Crippen LogP contribution in [0.15, 0.2) is 30.3 Å². The van der Waals surface area contributed by atoms with Gasteiger partial charge in [0.25, 0.3) is 5.91 Å². The first-order chi connectivity index (χ1) is 13.1. The molecule has 1 aliphatic heterocycles. The molecule has 1 atom stereocenters. The molecule has 2 aromatic rings. The first-order valence-electron chi connectivity index (χ1n) is 9.71. The summed E-state index contributed by atoms with van der Waals surface area (Å²) in [5.74, 6) is 0.992. The van der Waals surface area contributed by atoms with Crippen molar-refractivity contribution < 1.29 is 9.18 Å². The summed E-state index contributed by atoms with van der Waals surface area (Å²) in [5, 5.41) is 3.26. The largest absolute Gasteiger partial charge is 0.370 e. The maximum absolute atomic E-state index is 13.0. The molecule has 2 heterocycles. The van der Waals surface area contributed by atoms with Gasteiger partial charge in [0.05, 0.1) is 0 Å². The molecule has 1 saturated heterocycles. The predicted octanol–water partition coefficient (Wildman–Crippen LogP) is 3.98. The van der Waals surface area contributed by atoms with Crippen molar-refractivity contribution in [1.82, 2.24) is 14.9 Å². The number of halogens is 1. The van der Waals surface area contributed by atoms with Gasteiger partial charge in [0.2, 0.25) is 0 Å². The standard InChI is InChI=1S/C21H27FN4O/c1-3-18-6-4-5-13-26(18)21(27)19-14-20(25-15(2)24-19)23-12-11-16-7-9-17(22)10-8-16/h7-10,14,18H,3-6,11-13H2,1-2H3,(H,23,24,25). The van der Waals surface area contributed by atoms with Gasteiger partial charge in [0.15, 0.2) is 0 Å². The lowest BCUT2D eigenvalue weighted by molar-refractivity contribution is 0.0601. The number of anilines is 1. The summed E-state index contributed by atoms with van der Waals surface area (Å²) in [6.45, 7) is 5.38. The van der Waals surface area contributed by atoms with Gasteiger partial charge in [0.1, 0.15) is 23.2 Å². The van der Waals surface area contributed by atoms with Crippen molar-refractivity contribution in [2.24, 2.45) is 0 Å². The molecule has 5 nitrogen and oxygen atoms in total. The second-order valence-electron chi connectivity index (χ2n) is 7.05. The van der Waals surface area contributed by atoms with E-state index in [1.54, 1.807) is 25.1 Å². The minimum absolute atomic E-state index is 0.00589. The SMILES string of the molecule is CCC1CCCCN1C(=O)c1cc(NCCc2ccc(F)cc2)nc(C)n1. The van der Waals surface area contributed by atoms with Crippen LogP contribution in [0.1, 0.15) is 54.5 Å². The number of piperidine rings is 1. The fourth-order valence-electron chi connectivity index (χ4n) is 3.59. The summed E-state index contributed by atoms with van der Waals surface area (Å²) in [6, 6.07) is 8.52. The Morgan fingerprint density at radius 3 is 2.78 bits per heavy atom. The minimum Gasteiger partial charge on any atom is -0.370 e. The number of aryl methyl sites for hydroxylation is 1. The lowest BCUT2D eigenvalue weighted by atomic mass is 9.99. The van der Waals surface area contributed by atoms with E-state index in [2.05, 4.69) is 22.2 Å². The minimum atomic E-state index is -0.232. The maximum atomic E-state index is 13.0. The van der Waals surface area contributed by atoms with Crippen molar-refractivity contribution in [3.8, 4) is 0 Å². The number of aromatic nitrogens is 2. The van der Waals surface area contributed by atoms with Gasteiger partial charge in [-0.05, 0) is 56.7 Å². The van der Waals surface area contributed by atoms with Crippen molar-refractivity contribution in [2.75, 3.05) is 18.4 Å². The molecule has 1 amide bonds. The number of carbonyl (C=O) groups excluding carboxylic acids is 1. The van der Waals surface area contributed by atoms with Gasteiger partial charge < -0.3 is 10.2 Å². The molecule has 0 saturated carbocycles. The molecule has 27 heavy (non-hydrogen) atoms. The summed E-state index contributed by atoms with van der Waals surface area (Å²) in [4.78, 5) is 23.7. The lowest BCUT2D eigenvalue weighted by Gasteiger charge is -2.35. The molecule has 0 bridgehead atoms. The molecule has 1 aromatic heterocycles. The number of benzene rings is 1. The highest BCUT2D eigenvalue weighted by Gasteiger charge is 2.27. The molecular formula is C21H27FN4O. The van der Waals surface area contributed by atoms with Gasteiger partial charge in [-0.3, -0.25) is 4.79 Å². The van der Waals surface area contributed by atoms with Gasteiger partial charge in [-0.25, -0.2) is 14.4 Å². The summed E-state index contributed by atoms with van der Waals surface area (Å²) in [6.07, 6.45) is 5.01. The van der Waals surface area contributed by atoms with E-state index in [4.69, 9.17) is 0 Å². The Morgan fingerprint density at radius 1 is 1.26 bits per heavy atom. The van der Waals surface area contributed by atoms with E-state index in [9.17, 15) is 9.18 Å². The van der Waals surface area contributed by atoms with Crippen LogP contribution in [0.5, 0.6) is 0 Å². The van der Waals surface area contributed by atoms with Crippen LogP contribution in [0.25, 0.3) is 0 Å². The Labute approximate surface area is 160 Å². The number of rotatable bonds is 6. The molecule has 6 heteroatoms. The molecule has 0 aliphatic carbocycles. The summed E-state index contributed by atoms with van der Waals surface area (Å²) in [7, 11) is 0. The van der Waals surface area contributed by atoms with Crippen molar-refractivity contribution >= 4 is 11.7 Å². The van der Waals surface area contributed by atoms with E-state index in [0.717, 1.165) is 37.8 Å². The Kier molecular flexibility index (Phi) is 6.37. The van der Waals surface area contributed by atoms with E-state index in [1.165, 1.54) is 18.6 Å².